The second-order valence-electron chi connectivity index (χ2n) is 6.97. The minimum atomic E-state index is -0.497. The van der Waals surface area contributed by atoms with Crippen LogP contribution in [0.15, 0.2) is 23.2 Å². The molecule has 1 aromatic carbocycles. The lowest BCUT2D eigenvalue weighted by Crippen LogP contribution is -2.33. The molecule has 0 unspecified atom stereocenters. The first-order valence-corrected chi connectivity index (χ1v) is 9.62. The number of hydrogen-bond acceptors (Lipinski definition) is 5. The molecule has 1 rings (SSSR count). The molecule has 0 radical (unpaired) electrons. The predicted octanol–water partition coefficient (Wildman–Crippen LogP) is 3.39. The number of alkyl carbamates (subject to hydrolysis) is 1. The summed E-state index contributed by atoms with van der Waals surface area (Å²) in [7, 11) is 1.61. The second kappa shape index (κ2) is 11.9. The highest BCUT2D eigenvalue weighted by molar-refractivity contribution is 5.93. The highest BCUT2D eigenvalue weighted by Crippen LogP contribution is 2.30. The van der Waals surface area contributed by atoms with Crippen molar-refractivity contribution < 1.29 is 19.0 Å². The van der Waals surface area contributed by atoms with E-state index >= 15 is 0 Å². The van der Waals surface area contributed by atoms with Crippen LogP contribution in [0.3, 0.4) is 0 Å². The van der Waals surface area contributed by atoms with E-state index in [4.69, 9.17) is 14.2 Å². The van der Waals surface area contributed by atoms with Crippen LogP contribution in [0.5, 0.6) is 11.5 Å². The van der Waals surface area contributed by atoms with Crippen molar-refractivity contribution in [1.29, 1.82) is 0 Å². The summed E-state index contributed by atoms with van der Waals surface area (Å²) in [4.78, 5) is 16.1. The number of amides is 1. The molecule has 0 spiro atoms. The number of rotatable bonds is 9. The van der Waals surface area contributed by atoms with Crippen molar-refractivity contribution in [2.75, 3.05) is 38.7 Å². The van der Waals surface area contributed by atoms with Gasteiger partial charge in [0.15, 0.2) is 17.5 Å². The van der Waals surface area contributed by atoms with Crippen molar-refractivity contribution in [1.82, 2.24) is 10.6 Å². The molecule has 28 heavy (non-hydrogen) atoms. The van der Waals surface area contributed by atoms with Gasteiger partial charge in [-0.25, -0.2) is 4.79 Å². The van der Waals surface area contributed by atoms with E-state index in [9.17, 15) is 4.79 Å². The van der Waals surface area contributed by atoms with Gasteiger partial charge in [-0.2, -0.15) is 0 Å². The van der Waals surface area contributed by atoms with Gasteiger partial charge in [0, 0.05) is 31.4 Å². The van der Waals surface area contributed by atoms with Crippen molar-refractivity contribution >= 4 is 17.7 Å². The van der Waals surface area contributed by atoms with Gasteiger partial charge in [0.25, 0.3) is 0 Å². The van der Waals surface area contributed by atoms with Crippen LogP contribution >= 0.6 is 0 Å². The molecule has 158 valence electrons. The molecule has 8 heteroatoms. The molecule has 1 amide bonds. The molecule has 3 N–H and O–H groups in total. The van der Waals surface area contributed by atoms with Gasteiger partial charge < -0.3 is 30.2 Å². The first-order valence-electron chi connectivity index (χ1n) is 9.62. The number of methoxy groups -OCH3 is 1. The summed E-state index contributed by atoms with van der Waals surface area (Å²) in [5, 5.41) is 9.18. The van der Waals surface area contributed by atoms with Crippen molar-refractivity contribution in [3.05, 3.63) is 18.2 Å². The van der Waals surface area contributed by atoms with E-state index in [0.717, 1.165) is 12.2 Å². The van der Waals surface area contributed by atoms with Crippen LogP contribution in [-0.4, -0.2) is 51.0 Å². The van der Waals surface area contributed by atoms with E-state index < -0.39 is 11.7 Å². The summed E-state index contributed by atoms with van der Waals surface area (Å²) < 4.78 is 16.1. The molecule has 0 heterocycles. The quantitative estimate of drug-likeness (QED) is 0.338. The summed E-state index contributed by atoms with van der Waals surface area (Å²) in [5.74, 6) is 2.02. The Labute approximate surface area is 168 Å². The molecule has 0 aliphatic carbocycles. The fourth-order valence-electron chi connectivity index (χ4n) is 2.24. The number of nitrogens with zero attached hydrogens (tertiary/aromatic N) is 1. The number of anilines is 1. The minimum Gasteiger partial charge on any atom is -0.493 e. The van der Waals surface area contributed by atoms with Crippen molar-refractivity contribution in [3.8, 4) is 11.5 Å². The number of ether oxygens (including phenoxy) is 3. The lowest BCUT2D eigenvalue weighted by atomic mass is 10.2. The summed E-state index contributed by atoms with van der Waals surface area (Å²) in [5.41, 5.74) is 0.346. The topological polar surface area (TPSA) is 93.2 Å². The molecule has 0 aliphatic heterocycles. The SMILES string of the molecule is CCNC(=NCCCNC(=O)OC(C)(C)C)Nc1ccc(OC)c(OCC)c1. The largest absolute Gasteiger partial charge is 0.493 e. The maximum absolute atomic E-state index is 11.6. The molecule has 0 aromatic heterocycles. The Kier molecular flexibility index (Phi) is 9.98. The first kappa shape index (κ1) is 23.4. The lowest BCUT2D eigenvalue weighted by molar-refractivity contribution is 0.0527. The summed E-state index contributed by atoms with van der Waals surface area (Å²) in [6.45, 7) is 11.8. The fourth-order valence-corrected chi connectivity index (χ4v) is 2.24. The second-order valence-corrected chi connectivity index (χ2v) is 6.97. The Morgan fingerprint density at radius 3 is 2.50 bits per heavy atom. The minimum absolute atomic E-state index is 0.414. The number of carbonyl (C=O) groups excluding carboxylic acids is 1. The molecular weight excluding hydrogens is 360 g/mol. The van der Waals surface area contributed by atoms with Crippen LogP contribution in [0.4, 0.5) is 10.5 Å². The van der Waals surface area contributed by atoms with Crippen LogP contribution in [-0.2, 0) is 4.74 Å². The van der Waals surface area contributed by atoms with Crippen LogP contribution in [0, 0.1) is 0 Å². The Morgan fingerprint density at radius 2 is 1.89 bits per heavy atom. The third kappa shape index (κ3) is 9.34. The Bertz CT molecular complexity index is 642. The van der Waals surface area contributed by atoms with E-state index in [1.165, 1.54) is 0 Å². The standard InChI is InChI=1S/C20H34N4O4/c1-7-21-18(22-12-9-13-23-19(25)28-20(3,4)5)24-15-10-11-16(26-6)17(14-15)27-8-2/h10-11,14H,7-9,12-13H2,1-6H3,(H,23,25)(H2,21,22,24). The molecule has 0 bridgehead atoms. The molecule has 0 aliphatic rings. The maximum Gasteiger partial charge on any atom is 0.407 e. The van der Waals surface area contributed by atoms with E-state index in [1.807, 2.05) is 52.8 Å². The number of carbonyl (C=O) groups is 1. The first-order chi connectivity index (χ1) is 13.3. The van der Waals surface area contributed by atoms with Crippen LogP contribution < -0.4 is 25.4 Å². The summed E-state index contributed by atoms with van der Waals surface area (Å²) >= 11 is 0. The Hall–Kier alpha value is -2.64. The molecule has 1 aromatic rings. The highest BCUT2D eigenvalue weighted by Gasteiger charge is 2.15. The van der Waals surface area contributed by atoms with Gasteiger partial charge in [0.1, 0.15) is 5.60 Å². The van der Waals surface area contributed by atoms with Crippen molar-refractivity contribution in [3.63, 3.8) is 0 Å². The third-order valence-corrected chi connectivity index (χ3v) is 3.34. The smallest absolute Gasteiger partial charge is 0.407 e. The average Bonchev–Trinajstić information content (AvgIpc) is 2.60. The van der Waals surface area contributed by atoms with Gasteiger partial charge >= 0.3 is 6.09 Å². The van der Waals surface area contributed by atoms with Gasteiger partial charge in [-0.1, -0.05) is 0 Å². The number of guanidine groups is 1. The molecule has 0 fully saturated rings. The predicted molar refractivity (Wildman–Crippen MR) is 113 cm³/mol. The van der Waals surface area contributed by atoms with E-state index in [1.54, 1.807) is 7.11 Å². The van der Waals surface area contributed by atoms with Gasteiger partial charge in [0.05, 0.1) is 13.7 Å². The third-order valence-electron chi connectivity index (χ3n) is 3.34. The van der Waals surface area contributed by atoms with Crippen molar-refractivity contribution in [2.24, 2.45) is 4.99 Å². The zero-order chi connectivity index (χ0) is 21.0. The number of hydrogen-bond donors (Lipinski definition) is 3. The molecule has 0 atom stereocenters. The Balaban J connectivity index is 2.58. The maximum atomic E-state index is 11.6. The molecule has 0 saturated heterocycles. The van der Waals surface area contributed by atoms with Gasteiger partial charge in [-0.05, 0) is 53.2 Å². The van der Waals surface area contributed by atoms with E-state index in [0.29, 0.717) is 43.6 Å². The normalized spacial score (nSPS) is 11.6. The average molecular weight is 395 g/mol. The summed E-state index contributed by atoms with van der Waals surface area (Å²) in [6.07, 6.45) is 0.283. The summed E-state index contributed by atoms with van der Waals surface area (Å²) in [6, 6.07) is 5.62. The van der Waals surface area contributed by atoms with Crippen molar-refractivity contribution in [2.45, 2.75) is 46.6 Å². The van der Waals surface area contributed by atoms with Crippen LogP contribution in [0.1, 0.15) is 41.0 Å². The van der Waals surface area contributed by atoms with Gasteiger partial charge in [-0.15, -0.1) is 0 Å². The number of aliphatic imine (C=N–C) groups is 1. The zero-order valence-corrected chi connectivity index (χ0v) is 17.8. The van der Waals surface area contributed by atoms with E-state index in [2.05, 4.69) is 20.9 Å². The van der Waals surface area contributed by atoms with Crippen LogP contribution in [0.25, 0.3) is 0 Å². The molecule has 0 saturated carbocycles. The monoisotopic (exact) mass is 394 g/mol. The molecular formula is C20H34N4O4. The van der Waals surface area contributed by atoms with E-state index in [-0.39, 0.29) is 0 Å². The van der Waals surface area contributed by atoms with Crippen LogP contribution in [0.2, 0.25) is 0 Å². The highest BCUT2D eigenvalue weighted by atomic mass is 16.6. The molecule has 8 nitrogen and oxygen atoms in total. The number of nitrogens with one attached hydrogen (secondary N) is 3. The number of benzene rings is 1. The zero-order valence-electron chi connectivity index (χ0n) is 17.8. The fraction of sp³-hybridized carbons (Fsp3) is 0.600. The van der Waals surface area contributed by atoms with Gasteiger partial charge in [0.2, 0.25) is 0 Å². The Morgan fingerprint density at radius 1 is 1.14 bits per heavy atom. The van der Waals surface area contributed by atoms with Gasteiger partial charge in [-0.3, -0.25) is 4.99 Å². The lowest BCUT2D eigenvalue weighted by Gasteiger charge is -2.19.